The molecule has 94 valence electrons. The van der Waals surface area contributed by atoms with Gasteiger partial charge in [-0.15, -0.1) is 0 Å². The first kappa shape index (κ1) is 13.6. The Kier molecular flexibility index (Phi) is 3.27. The summed E-state index contributed by atoms with van der Waals surface area (Å²) in [5.41, 5.74) is -3.50. The lowest BCUT2D eigenvalue weighted by atomic mass is 9.97. The maximum Gasteiger partial charge on any atom is 0.422 e. The number of allylic oxidation sites excluding steroid dienone is 1. The molecule has 0 N–H and O–H groups in total. The average Bonchev–Trinajstić information content (AvgIpc) is 2.11. The van der Waals surface area contributed by atoms with Crippen molar-refractivity contribution in [2.45, 2.75) is 20.0 Å². The number of alkyl halides is 3. The van der Waals surface area contributed by atoms with Crippen LogP contribution in [0.3, 0.4) is 0 Å². The van der Waals surface area contributed by atoms with Crippen molar-refractivity contribution >= 4 is 5.57 Å². The Bertz CT molecular complexity index is 484. The van der Waals surface area contributed by atoms with Gasteiger partial charge >= 0.3 is 6.18 Å². The van der Waals surface area contributed by atoms with Gasteiger partial charge < -0.3 is 0 Å². The molecule has 0 aliphatic carbocycles. The van der Waals surface area contributed by atoms with Crippen LogP contribution in [0.15, 0.2) is 6.58 Å². The van der Waals surface area contributed by atoms with Gasteiger partial charge in [-0.1, -0.05) is 6.58 Å². The highest BCUT2D eigenvalue weighted by atomic mass is 19.4. The van der Waals surface area contributed by atoms with Gasteiger partial charge in [0.05, 0.1) is 0 Å². The van der Waals surface area contributed by atoms with E-state index in [4.69, 9.17) is 0 Å². The summed E-state index contributed by atoms with van der Waals surface area (Å²) in [6.45, 7) is 5.45. The predicted octanol–water partition coefficient (Wildman–Crippen LogP) is 4.46. The largest absolute Gasteiger partial charge is 0.422 e. The first-order chi connectivity index (χ1) is 7.59. The molecule has 0 nitrogen and oxygen atoms in total. The molecular weight excluding hydrogens is 246 g/mol. The molecule has 0 saturated heterocycles. The first-order valence-electron chi connectivity index (χ1n) is 4.49. The third-order valence-electron chi connectivity index (χ3n) is 2.27. The summed E-state index contributed by atoms with van der Waals surface area (Å²) < 4.78 is 77.0. The summed E-state index contributed by atoms with van der Waals surface area (Å²) in [5.74, 6) is -5.77. The summed E-state index contributed by atoms with van der Waals surface area (Å²) >= 11 is 0. The van der Waals surface area contributed by atoms with Crippen LogP contribution in [0.4, 0.5) is 26.3 Å². The van der Waals surface area contributed by atoms with Gasteiger partial charge in [-0.25, -0.2) is 13.2 Å². The van der Waals surface area contributed by atoms with Gasteiger partial charge in [0.15, 0.2) is 11.6 Å². The third kappa shape index (κ3) is 2.16. The molecule has 0 aliphatic heterocycles. The maximum absolute atomic E-state index is 13.5. The minimum atomic E-state index is -5.30. The van der Waals surface area contributed by atoms with Crippen LogP contribution < -0.4 is 0 Å². The van der Waals surface area contributed by atoms with Crippen LogP contribution in [-0.2, 0) is 6.18 Å². The van der Waals surface area contributed by atoms with Crippen molar-refractivity contribution in [3.63, 3.8) is 0 Å². The zero-order valence-electron chi connectivity index (χ0n) is 8.97. The SMILES string of the molecule is C=C(C)c1c(C)c(F)c(F)c(C(F)(F)F)c1F. The van der Waals surface area contributed by atoms with Gasteiger partial charge in [-0.3, -0.25) is 0 Å². The van der Waals surface area contributed by atoms with Gasteiger partial charge in [0.25, 0.3) is 0 Å². The minimum absolute atomic E-state index is 0.107. The van der Waals surface area contributed by atoms with Crippen molar-refractivity contribution in [3.05, 3.63) is 40.7 Å². The van der Waals surface area contributed by atoms with E-state index in [-0.39, 0.29) is 5.57 Å². The van der Waals surface area contributed by atoms with Crippen LogP contribution in [0, 0.1) is 24.4 Å². The molecule has 17 heavy (non-hydrogen) atoms. The predicted molar refractivity (Wildman–Crippen MR) is 50.8 cm³/mol. The van der Waals surface area contributed by atoms with E-state index in [0.29, 0.717) is 0 Å². The smallest absolute Gasteiger partial charge is 0.206 e. The molecule has 0 fully saturated rings. The minimum Gasteiger partial charge on any atom is -0.206 e. The number of halogens is 6. The van der Waals surface area contributed by atoms with Crippen molar-refractivity contribution < 1.29 is 26.3 Å². The standard InChI is InChI=1S/C11H8F6/c1-4(2)6-5(3)8(12)10(14)7(9(6)13)11(15,16)17/h1H2,2-3H3. The number of hydrogen-bond donors (Lipinski definition) is 0. The molecule has 0 spiro atoms. The third-order valence-corrected chi connectivity index (χ3v) is 2.27. The second-order valence-electron chi connectivity index (χ2n) is 3.60. The zero-order valence-corrected chi connectivity index (χ0v) is 8.97. The lowest BCUT2D eigenvalue weighted by Gasteiger charge is -2.15. The van der Waals surface area contributed by atoms with Crippen molar-refractivity contribution in [3.8, 4) is 0 Å². The lowest BCUT2D eigenvalue weighted by Crippen LogP contribution is -2.16. The summed E-state index contributed by atoms with van der Waals surface area (Å²) in [6.07, 6.45) is -5.30. The molecule has 0 aliphatic rings. The van der Waals surface area contributed by atoms with Crippen molar-refractivity contribution in [2.75, 3.05) is 0 Å². The van der Waals surface area contributed by atoms with Crippen LogP contribution in [-0.4, -0.2) is 0 Å². The van der Waals surface area contributed by atoms with E-state index in [2.05, 4.69) is 6.58 Å². The highest BCUT2D eigenvalue weighted by Crippen LogP contribution is 2.38. The highest BCUT2D eigenvalue weighted by Gasteiger charge is 2.41. The van der Waals surface area contributed by atoms with Crippen molar-refractivity contribution in [1.82, 2.24) is 0 Å². The van der Waals surface area contributed by atoms with E-state index >= 15 is 0 Å². The Balaban J connectivity index is 3.81. The molecule has 1 aromatic carbocycles. The highest BCUT2D eigenvalue weighted by molar-refractivity contribution is 5.66. The van der Waals surface area contributed by atoms with Crippen molar-refractivity contribution in [2.24, 2.45) is 0 Å². The fraction of sp³-hybridized carbons (Fsp3) is 0.273. The van der Waals surface area contributed by atoms with Crippen LogP contribution in [0.1, 0.15) is 23.6 Å². The van der Waals surface area contributed by atoms with Crippen LogP contribution in [0.5, 0.6) is 0 Å². The normalized spacial score (nSPS) is 11.8. The van der Waals surface area contributed by atoms with Crippen molar-refractivity contribution in [1.29, 1.82) is 0 Å². The summed E-state index contributed by atoms with van der Waals surface area (Å²) in [5, 5.41) is 0. The quantitative estimate of drug-likeness (QED) is 0.512. The molecule has 0 unspecified atom stereocenters. The summed E-state index contributed by atoms with van der Waals surface area (Å²) in [7, 11) is 0. The van der Waals surface area contributed by atoms with Crippen LogP contribution in [0.2, 0.25) is 0 Å². The van der Waals surface area contributed by atoms with E-state index in [1.54, 1.807) is 0 Å². The first-order valence-corrected chi connectivity index (χ1v) is 4.49. The Hall–Kier alpha value is -1.46. The molecule has 0 aromatic heterocycles. The molecule has 0 heterocycles. The number of benzene rings is 1. The van der Waals surface area contributed by atoms with E-state index in [1.165, 1.54) is 6.92 Å². The summed E-state index contributed by atoms with van der Waals surface area (Å²) in [6, 6.07) is 0. The van der Waals surface area contributed by atoms with Gasteiger partial charge in [-0.05, 0) is 25.0 Å². The van der Waals surface area contributed by atoms with E-state index in [9.17, 15) is 26.3 Å². The molecule has 0 saturated carbocycles. The fourth-order valence-corrected chi connectivity index (χ4v) is 1.53. The number of rotatable bonds is 1. The monoisotopic (exact) mass is 254 g/mol. The lowest BCUT2D eigenvalue weighted by molar-refractivity contribution is -0.142. The van der Waals surface area contributed by atoms with Crippen LogP contribution in [0.25, 0.3) is 5.57 Å². The molecule has 0 radical (unpaired) electrons. The van der Waals surface area contributed by atoms with Gasteiger partial charge in [0.1, 0.15) is 11.4 Å². The number of hydrogen-bond acceptors (Lipinski definition) is 0. The van der Waals surface area contributed by atoms with Gasteiger partial charge in [-0.2, -0.15) is 13.2 Å². The Morgan fingerprint density at radius 1 is 1.00 bits per heavy atom. The topological polar surface area (TPSA) is 0 Å². The Labute approximate surface area is 93.6 Å². The molecule has 0 amide bonds. The van der Waals surface area contributed by atoms with Crippen LogP contribution >= 0.6 is 0 Å². The maximum atomic E-state index is 13.5. The molecule has 6 heteroatoms. The Morgan fingerprint density at radius 2 is 1.47 bits per heavy atom. The molecule has 0 bridgehead atoms. The van der Waals surface area contributed by atoms with E-state index < -0.39 is 40.3 Å². The summed E-state index contributed by atoms with van der Waals surface area (Å²) in [4.78, 5) is 0. The molecule has 0 atom stereocenters. The van der Waals surface area contributed by atoms with Gasteiger partial charge in [0, 0.05) is 5.56 Å². The molecule has 1 aromatic rings. The van der Waals surface area contributed by atoms with E-state index in [1.807, 2.05) is 0 Å². The second-order valence-corrected chi connectivity index (χ2v) is 3.60. The van der Waals surface area contributed by atoms with Gasteiger partial charge in [0.2, 0.25) is 0 Å². The Morgan fingerprint density at radius 3 is 1.82 bits per heavy atom. The molecular formula is C11H8F6. The van der Waals surface area contributed by atoms with E-state index in [0.717, 1.165) is 6.92 Å². The fourth-order valence-electron chi connectivity index (χ4n) is 1.53. The molecule has 1 rings (SSSR count). The zero-order chi connectivity index (χ0) is 13.5. The second kappa shape index (κ2) is 4.09. The average molecular weight is 254 g/mol.